The fourth-order valence-electron chi connectivity index (χ4n) is 1.81. The van der Waals surface area contributed by atoms with E-state index >= 15 is 0 Å². The summed E-state index contributed by atoms with van der Waals surface area (Å²) in [6.07, 6.45) is 0.809. The van der Waals surface area contributed by atoms with Crippen molar-refractivity contribution < 1.29 is 19.4 Å². The van der Waals surface area contributed by atoms with Gasteiger partial charge in [-0.15, -0.1) is 5.10 Å². The lowest BCUT2D eigenvalue weighted by molar-refractivity contribution is 0.0632. The van der Waals surface area contributed by atoms with E-state index in [9.17, 15) is 9.59 Å². The lowest BCUT2D eigenvalue weighted by atomic mass is 10.1. The molecular formula is C15H18N4O4. The third kappa shape index (κ3) is 5.10. The molecule has 0 aliphatic heterocycles. The van der Waals surface area contributed by atoms with Crippen molar-refractivity contribution in [2.75, 3.05) is 5.32 Å². The zero-order chi connectivity index (χ0) is 17.0. The summed E-state index contributed by atoms with van der Waals surface area (Å²) in [5, 5.41) is 15.5. The van der Waals surface area contributed by atoms with Crippen LogP contribution in [-0.4, -0.2) is 37.5 Å². The zero-order valence-corrected chi connectivity index (χ0v) is 13.1. The summed E-state index contributed by atoms with van der Waals surface area (Å²) in [7, 11) is 0. The lowest BCUT2D eigenvalue weighted by Crippen LogP contribution is -2.27. The second kappa shape index (κ2) is 6.47. The number of carboxylic acid groups (broad SMARTS) is 1. The minimum Gasteiger partial charge on any atom is -0.478 e. The minimum absolute atomic E-state index is 0.119. The highest BCUT2D eigenvalue weighted by atomic mass is 16.6. The Morgan fingerprint density at radius 2 is 2.09 bits per heavy atom. The molecule has 0 aliphatic rings. The number of nitrogens with zero attached hydrogens (tertiary/aromatic N) is 3. The SMILES string of the molecule is CC(C)(C)OC(=O)Nc1ncn(Cc2cccc(C(=O)O)c2)n1. The number of carboxylic acids is 1. The molecule has 0 saturated heterocycles. The van der Waals surface area contributed by atoms with E-state index in [1.165, 1.54) is 17.1 Å². The van der Waals surface area contributed by atoms with Gasteiger partial charge in [-0.1, -0.05) is 12.1 Å². The number of aromatic carboxylic acids is 1. The number of carbonyl (C=O) groups excluding carboxylic acids is 1. The number of hydrogen-bond donors (Lipinski definition) is 2. The monoisotopic (exact) mass is 318 g/mol. The van der Waals surface area contributed by atoms with Crippen LogP contribution in [0.25, 0.3) is 0 Å². The Labute approximate surface area is 133 Å². The summed E-state index contributed by atoms with van der Waals surface area (Å²) in [6.45, 7) is 5.61. The van der Waals surface area contributed by atoms with E-state index in [1.54, 1.807) is 39.0 Å². The van der Waals surface area contributed by atoms with Gasteiger partial charge in [0.2, 0.25) is 0 Å². The van der Waals surface area contributed by atoms with E-state index in [2.05, 4.69) is 15.4 Å². The van der Waals surface area contributed by atoms with Crippen LogP contribution in [0.5, 0.6) is 0 Å². The number of aromatic nitrogens is 3. The molecular weight excluding hydrogens is 300 g/mol. The highest BCUT2D eigenvalue weighted by Gasteiger charge is 2.17. The highest BCUT2D eigenvalue weighted by Crippen LogP contribution is 2.10. The summed E-state index contributed by atoms with van der Waals surface area (Å²) in [5.74, 6) is -0.869. The van der Waals surface area contributed by atoms with Crippen LogP contribution in [0.3, 0.4) is 0 Å². The Balaban J connectivity index is 2.01. The lowest BCUT2D eigenvalue weighted by Gasteiger charge is -2.18. The molecule has 8 nitrogen and oxygen atoms in total. The number of nitrogens with one attached hydrogen (secondary N) is 1. The van der Waals surface area contributed by atoms with Gasteiger partial charge in [0, 0.05) is 0 Å². The number of ether oxygens (including phenoxy) is 1. The molecule has 0 radical (unpaired) electrons. The summed E-state index contributed by atoms with van der Waals surface area (Å²) < 4.78 is 6.60. The Hall–Kier alpha value is -2.90. The van der Waals surface area contributed by atoms with Crippen molar-refractivity contribution in [2.24, 2.45) is 0 Å². The van der Waals surface area contributed by atoms with Crippen molar-refractivity contribution >= 4 is 18.0 Å². The number of anilines is 1. The predicted octanol–water partition coefficient (Wildman–Crippen LogP) is 2.37. The van der Waals surface area contributed by atoms with E-state index in [0.29, 0.717) is 6.54 Å². The van der Waals surface area contributed by atoms with Gasteiger partial charge in [-0.3, -0.25) is 5.32 Å². The van der Waals surface area contributed by atoms with Crippen molar-refractivity contribution in [3.8, 4) is 0 Å². The molecule has 0 atom stereocenters. The minimum atomic E-state index is -0.988. The maximum absolute atomic E-state index is 11.6. The molecule has 1 aromatic heterocycles. The third-order valence-electron chi connectivity index (χ3n) is 2.67. The fourth-order valence-corrected chi connectivity index (χ4v) is 1.81. The van der Waals surface area contributed by atoms with Crippen LogP contribution in [0.4, 0.5) is 10.7 Å². The van der Waals surface area contributed by atoms with Crippen molar-refractivity contribution in [1.82, 2.24) is 14.8 Å². The van der Waals surface area contributed by atoms with Gasteiger partial charge >= 0.3 is 12.1 Å². The van der Waals surface area contributed by atoms with Crippen LogP contribution in [0.15, 0.2) is 30.6 Å². The first-order valence-corrected chi connectivity index (χ1v) is 6.94. The molecule has 0 saturated carbocycles. The van der Waals surface area contributed by atoms with Gasteiger partial charge in [-0.2, -0.15) is 0 Å². The quantitative estimate of drug-likeness (QED) is 0.896. The van der Waals surface area contributed by atoms with Crippen molar-refractivity contribution in [3.63, 3.8) is 0 Å². The molecule has 23 heavy (non-hydrogen) atoms. The molecule has 122 valence electrons. The van der Waals surface area contributed by atoms with Crippen molar-refractivity contribution in [1.29, 1.82) is 0 Å². The summed E-state index contributed by atoms with van der Waals surface area (Å²) in [6, 6.07) is 6.53. The predicted molar refractivity (Wildman–Crippen MR) is 82.4 cm³/mol. The van der Waals surface area contributed by atoms with E-state index in [-0.39, 0.29) is 11.5 Å². The molecule has 2 rings (SSSR count). The standard InChI is InChI=1S/C15H18N4O4/c1-15(2,3)23-14(22)17-13-16-9-19(18-13)8-10-5-4-6-11(7-10)12(20)21/h4-7,9H,8H2,1-3H3,(H,20,21)(H,17,18,22). The molecule has 0 aliphatic carbocycles. The second-order valence-electron chi connectivity index (χ2n) is 5.90. The van der Waals surface area contributed by atoms with Gasteiger partial charge in [0.05, 0.1) is 12.1 Å². The fraction of sp³-hybridized carbons (Fsp3) is 0.333. The zero-order valence-electron chi connectivity index (χ0n) is 13.1. The number of amides is 1. The van der Waals surface area contributed by atoms with Crippen LogP contribution in [0.2, 0.25) is 0 Å². The van der Waals surface area contributed by atoms with Crippen LogP contribution < -0.4 is 5.32 Å². The topological polar surface area (TPSA) is 106 Å². The molecule has 2 aromatic rings. The summed E-state index contributed by atoms with van der Waals surface area (Å²) >= 11 is 0. The van der Waals surface area contributed by atoms with Gasteiger partial charge < -0.3 is 9.84 Å². The van der Waals surface area contributed by atoms with Gasteiger partial charge in [0.15, 0.2) is 0 Å². The molecule has 0 fully saturated rings. The molecule has 1 amide bonds. The number of carbonyl (C=O) groups is 2. The maximum atomic E-state index is 11.6. The Kier molecular flexibility index (Phi) is 4.63. The highest BCUT2D eigenvalue weighted by molar-refractivity contribution is 5.87. The molecule has 0 unspecified atom stereocenters. The maximum Gasteiger partial charge on any atom is 0.414 e. The van der Waals surface area contributed by atoms with Crippen LogP contribution in [0, 0.1) is 0 Å². The Bertz CT molecular complexity index is 718. The van der Waals surface area contributed by atoms with Gasteiger partial charge in [-0.25, -0.2) is 19.3 Å². The molecule has 8 heteroatoms. The first-order valence-electron chi connectivity index (χ1n) is 6.94. The first-order chi connectivity index (χ1) is 10.7. The van der Waals surface area contributed by atoms with Gasteiger partial charge in [0.1, 0.15) is 11.9 Å². The smallest absolute Gasteiger partial charge is 0.414 e. The Morgan fingerprint density at radius 1 is 1.35 bits per heavy atom. The van der Waals surface area contributed by atoms with E-state index in [4.69, 9.17) is 9.84 Å². The molecule has 1 aromatic carbocycles. The van der Waals surface area contributed by atoms with Crippen LogP contribution in [0.1, 0.15) is 36.7 Å². The third-order valence-corrected chi connectivity index (χ3v) is 2.67. The summed E-state index contributed by atoms with van der Waals surface area (Å²) in [5.41, 5.74) is 0.359. The number of hydrogen-bond acceptors (Lipinski definition) is 5. The summed E-state index contributed by atoms with van der Waals surface area (Å²) in [4.78, 5) is 26.5. The van der Waals surface area contributed by atoms with E-state index < -0.39 is 17.7 Å². The average molecular weight is 318 g/mol. The van der Waals surface area contributed by atoms with E-state index in [0.717, 1.165) is 5.56 Å². The van der Waals surface area contributed by atoms with Crippen LogP contribution >= 0.6 is 0 Å². The second-order valence-corrected chi connectivity index (χ2v) is 5.90. The molecule has 0 bridgehead atoms. The molecule has 2 N–H and O–H groups in total. The first kappa shape index (κ1) is 16.5. The van der Waals surface area contributed by atoms with Crippen molar-refractivity contribution in [3.05, 3.63) is 41.7 Å². The largest absolute Gasteiger partial charge is 0.478 e. The molecule has 1 heterocycles. The van der Waals surface area contributed by atoms with E-state index in [1.807, 2.05) is 0 Å². The average Bonchev–Trinajstić information content (AvgIpc) is 2.83. The normalized spacial score (nSPS) is 11.1. The van der Waals surface area contributed by atoms with Gasteiger partial charge in [0.25, 0.3) is 5.95 Å². The molecule has 0 spiro atoms. The van der Waals surface area contributed by atoms with Crippen LogP contribution in [-0.2, 0) is 11.3 Å². The number of rotatable bonds is 4. The number of benzene rings is 1. The Morgan fingerprint density at radius 3 is 2.74 bits per heavy atom. The van der Waals surface area contributed by atoms with Gasteiger partial charge in [-0.05, 0) is 38.5 Å². The van der Waals surface area contributed by atoms with Crippen molar-refractivity contribution in [2.45, 2.75) is 32.9 Å².